The average Bonchev–Trinajstić information content (AvgIpc) is 3.26. The first kappa shape index (κ1) is 18.4. The van der Waals surface area contributed by atoms with Crippen molar-refractivity contribution in [3.63, 3.8) is 0 Å². The third-order valence-electron chi connectivity index (χ3n) is 3.76. The molecule has 0 radical (unpaired) electrons. The smallest absolute Gasteiger partial charge is 0.293 e. The van der Waals surface area contributed by atoms with Crippen molar-refractivity contribution in [2.75, 3.05) is 12.4 Å². The Morgan fingerprint density at radius 1 is 1.04 bits per heavy atom. The van der Waals surface area contributed by atoms with Gasteiger partial charge in [-0.25, -0.2) is 4.68 Å². The number of anilines is 1. The van der Waals surface area contributed by atoms with Gasteiger partial charge in [-0.1, -0.05) is 0 Å². The normalized spacial score (nSPS) is 10.2. The fraction of sp³-hybridized carbons (Fsp3) is 0.0625. The van der Waals surface area contributed by atoms with Crippen LogP contribution < -0.4 is 16.2 Å². The number of nitrogens with one attached hydrogen (secondary N) is 3. The minimum atomic E-state index is -0.690. The Morgan fingerprint density at radius 3 is 2.25 bits per heavy atom. The molecule has 0 fully saturated rings. The second kappa shape index (κ2) is 7.90. The molecule has 0 spiro atoms. The van der Waals surface area contributed by atoms with Gasteiger partial charge in [0.25, 0.3) is 17.5 Å². The molecule has 2 aromatic carbocycles. The Morgan fingerprint density at radius 2 is 1.68 bits per heavy atom. The minimum Gasteiger partial charge on any atom is -0.383 e. The summed E-state index contributed by atoms with van der Waals surface area (Å²) in [6.07, 6.45) is 1.41. The second-order valence-electron chi connectivity index (χ2n) is 5.45. The summed E-state index contributed by atoms with van der Waals surface area (Å²) in [7, 11) is 1.53. The van der Waals surface area contributed by atoms with Crippen molar-refractivity contribution in [3.05, 3.63) is 70.0 Å². The number of tetrazole rings is 1. The van der Waals surface area contributed by atoms with E-state index in [0.717, 1.165) is 6.07 Å². The van der Waals surface area contributed by atoms with Crippen LogP contribution in [0.1, 0.15) is 20.7 Å². The highest BCUT2D eigenvalue weighted by Gasteiger charge is 2.17. The van der Waals surface area contributed by atoms with Gasteiger partial charge in [-0.05, 0) is 46.8 Å². The van der Waals surface area contributed by atoms with Crippen molar-refractivity contribution >= 4 is 23.2 Å². The molecule has 0 aliphatic heterocycles. The van der Waals surface area contributed by atoms with E-state index in [2.05, 4.69) is 31.7 Å². The predicted molar refractivity (Wildman–Crippen MR) is 96.7 cm³/mol. The van der Waals surface area contributed by atoms with Crippen LogP contribution in [0.25, 0.3) is 5.69 Å². The zero-order chi connectivity index (χ0) is 20.1. The fourth-order valence-corrected chi connectivity index (χ4v) is 2.34. The molecule has 0 saturated heterocycles. The third kappa shape index (κ3) is 3.90. The molecular formula is C16H14N8O4. The van der Waals surface area contributed by atoms with Gasteiger partial charge in [0.2, 0.25) is 0 Å². The van der Waals surface area contributed by atoms with Gasteiger partial charge in [0.15, 0.2) is 0 Å². The summed E-state index contributed by atoms with van der Waals surface area (Å²) in [5.41, 5.74) is 5.47. The number of hydrogen-bond acceptors (Lipinski definition) is 8. The molecule has 1 heterocycles. The monoisotopic (exact) mass is 382 g/mol. The van der Waals surface area contributed by atoms with Crippen molar-refractivity contribution in [3.8, 4) is 5.69 Å². The molecule has 12 heteroatoms. The van der Waals surface area contributed by atoms with Crippen LogP contribution in [0.3, 0.4) is 0 Å². The summed E-state index contributed by atoms with van der Waals surface area (Å²) >= 11 is 0. The summed E-state index contributed by atoms with van der Waals surface area (Å²) in [5.74, 6) is -1.25. The standard InChI is InChI=1S/C16H14N8O4/c1-17-13-7-4-11(8-14(13)24(27)28)16(26)20-19-15(25)10-2-5-12(6-3-10)23-9-18-21-22-23/h2-9,17H,1H3,(H,19,25)(H,20,26). The molecule has 2 amide bonds. The number of carbonyl (C=O) groups is 2. The number of amides is 2. The number of hydrogen-bond donors (Lipinski definition) is 3. The number of nitrogens with zero attached hydrogens (tertiary/aromatic N) is 5. The average molecular weight is 382 g/mol. The number of benzene rings is 2. The molecule has 0 saturated carbocycles. The van der Waals surface area contributed by atoms with Gasteiger partial charge < -0.3 is 5.32 Å². The van der Waals surface area contributed by atoms with E-state index in [0.29, 0.717) is 5.69 Å². The Kier molecular flexibility index (Phi) is 5.21. The molecule has 0 aliphatic rings. The van der Waals surface area contributed by atoms with E-state index in [1.54, 1.807) is 12.1 Å². The van der Waals surface area contributed by atoms with Gasteiger partial charge in [-0.2, -0.15) is 0 Å². The lowest BCUT2D eigenvalue weighted by Gasteiger charge is -2.09. The second-order valence-corrected chi connectivity index (χ2v) is 5.45. The van der Waals surface area contributed by atoms with E-state index in [1.165, 1.54) is 42.3 Å². The van der Waals surface area contributed by atoms with Crippen LogP contribution in [-0.4, -0.2) is 44.0 Å². The summed E-state index contributed by atoms with van der Waals surface area (Å²) in [6.45, 7) is 0. The Labute approximate surface area is 157 Å². The van der Waals surface area contributed by atoms with E-state index in [-0.39, 0.29) is 22.5 Å². The topological polar surface area (TPSA) is 157 Å². The Bertz CT molecular complexity index is 1020. The zero-order valence-electron chi connectivity index (χ0n) is 14.5. The molecule has 0 atom stereocenters. The summed E-state index contributed by atoms with van der Waals surface area (Å²) in [5, 5.41) is 24.5. The predicted octanol–water partition coefficient (Wildman–Crippen LogP) is 0.687. The van der Waals surface area contributed by atoms with Crippen LogP contribution in [0.2, 0.25) is 0 Å². The van der Waals surface area contributed by atoms with Crippen LogP contribution in [0, 0.1) is 10.1 Å². The SMILES string of the molecule is CNc1ccc(C(=O)NNC(=O)c2ccc(-n3cnnn3)cc2)cc1[N+](=O)[O-]. The van der Waals surface area contributed by atoms with Crippen LogP contribution in [0.5, 0.6) is 0 Å². The van der Waals surface area contributed by atoms with Crippen molar-refractivity contribution < 1.29 is 14.5 Å². The van der Waals surface area contributed by atoms with Crippen molar-refractivity contribution in [1.29, 1.82) is 0 Å². The molecule has 0 unspecified atom stereocenters. The first-order valence-corrected chi connectivity index (χ1v) is 7.90. The van der Waals surface area contributed by atoms with E-state index in [4.69, 9.17) is 0 Å². The number of aromatic nitrogens is 4. The highest BCUT2D eigenvalue weighted by atomic mass is 16.6. The molecule has 28 heavy (non-hydrogen) atoms. The third-order valence-corrected chi connectivity index (χ3v) is 3.76. The lowest BCUT2D eigenvalue weighted by atomic mass is 10.1. The molecule has 0 aliphatic carbocycles. The molecule has 142 valence electrons. The van der Waals surface area contributed by atoms with Gasteiger partial charge in [0, 0.05) is 24.2 Å². The first-order chi connectivity index (χ1) is 13.5. The zero-order valence-corrected chi connectivity index (χ0v) is 14.5. The molecule has 1 aromatic heterocycles. The maximum absolute atomic E-state index is 12.2. The van der Waals surface area contributed by atoms with Gasteiger partial charge in [-0.15, -0.1) is 5.10 Å². The summed E-state index contributed by atoms with van der Waals surface area (Å²) in [4.78, 5) is 34.8. The number of nitro groups is 1. The van der Waals surface area contributed by atoms with E-state index in [9.17, 15) is 19.7 Å². The van der Waals surface area contributed by atoms with Gasteiger partial charge in [0.1, 0.15) is 12.0 Å². The molecule has 3 rings (SSSR count). The Balaban J connectivity index is 1.65. The molecule has 0 bridgehead atoms. The van der Waals surface area contributed by atoms with Crippen LogP contribution in [0.15, 0.2) is 48.8 Å². The molecular weight excluding hydrogens is 368 g/mol. The summed E-state index contributed by atoms with van der Waals surface area (Å²) < 4.78 is 1.42. The maximum atomic E-state index is 12.2. The Hall–Kier alpha value is -4.35. The highest BCUT2D eigenvalue weighted by Crippen LogP contribution is 2.24. The van der Waals surface area contributed by atoms with Gasteiger partial charge >= 0.3 is 0 Å². The fourth-order valence-electron chi connectivity index (χ4n) is 2.34. The van der Waals surface area contributed by atoms with Crippen LogP contribution in [0.4, 0.5) is 11.4 Å². The molecule has 3 N–H and O–H groups in total. The number of rotatable bonds is 5. The van der Waals surface area contributed by atoms with Gasteiger partial charge in [0.05, 0.1) is 10.6 Å². The lowest BCUT2D eigenvalue weighted by molar-refractivity contribution is -0.384. The minimum absolute atomic E-state index is 0.0278. The number of nitro benzene ring substituents is 1. The van der Waals surface area contributed by atoms with Crippen LogP contribution in [-0.2, 0) is 0 Å². The largest absolute Gasteiger partial charge is 0.383 e. The quantitative estimate of drug-likeness (QED) is 0.429. The van der Waals surface area contributed by atoms with Crippen LogP contribution >= 0.6 is 0 Å². The highest BCUT2D eigenvalue weighted by molar-refractivity contribution is 5.99. The number of carbonyl (C=O) groups excluding carboxylic acids is 2. The van der Waals surface area contributed by atoms with Crippen molar-refractivity contribution in [2.24, 2.45) is 0 Å². The van der Waals surface area contributed by atoms with Gasteiger partial charge in [-0.3, -0.25) is 30.6 Å². The molecule has 12 nitrogen and oxygen atoms in total. The van der Waals surface area contributed by atoms with E-state index in [1.807, 2.05) is 0 Å². The van der Waals surface area contributed by atoms with E-state index < -0.39 is 16.7 Å². The van der Waals surface area contributed by atoms with E-state index >= 15 is 0 Å². The summed E-state index contributed by atoms with van der Waals surface area (Å²) in [6, 6.07) is 10.3. The molecule has 3 aromatic rings. The lowest BCUT2D eigenvalue weighted by Crippen LogP contribution is -2.41. The van der Waals surface area contributed by atoms with Crippen molar-refractivity contribution in [1.82, 2.24) is 31.1 Å². The van der Waals surface area contributed by atoms with Crippen molar-refractivity contribution in [2.45, 2.75) is 0 Å². The maximum Gasteiger partial charge on any atom is 0.293 e. The number of hydrazine groups is 1. The first-order valence-electron chi connectivity index (χ1n) is 7.90.